The van der Waals surface area contributed by atoms with Crippen LogP contribution < -0.4 is 15.5 Å². The number of aryl methyl sites for hydroxylation is 1. The molecule has 4 rings (SSSR count). The molecule has 2 amide bonds. The minimum absolute atomic E-state index is 0.0255. The average molecular weight is 482 g/mol. The maximum atomic E-state index is 13.9. The van der Waals surface area contributed by atoms with Crippen LogP contribution in [0.4, 0.5) is 14.5 Å². The molecule has 0 unspecified atom stereocenters. The van der Waals surface area contributed by atoms with Gasteiger partial charge in [0.25, 0.3) is 5.91 Å². The van der Waals surface area contributed by atoms with E-state index in [9.17, 15) is 18.4 Å². The van der Waals surface area contributed by atoms with Gasteiger partial charge in [-0.3, -0.25) is 14.6 Å². The molecule has 3 aromatic rings. The molecule has 0 atom stereocenters. The van der Waals surface area contributed by atoms with Gasteiger partial charge in [0.1, 0.15) is 23.9 Å². The molecule has 1 fully saturated rings. The van der Waals surface area contributed by atoms with E-state index in [1.165, 1.54) is 10.0 Å². The molecule has 182 valence electrons. The van der Waals surface area contributed by atoms with Crippen LogP contribution in [0.3, 0.4) is 0 Å². The second-order valence-electron chi connectivity index (χ2n) is 8.21. The van der Waals surface area contributed by atoms with Crippen LogP contribution >= 0.6 is 0 Å². The van der Waals surface area contributed by atoms with Crippen molar-refractivity contribution in [3.05, 3.63) is 77.4 Å². The lowest BCUT2D eigenvalue weighted by molar-refractivity contribution is -0.129. The minimum Gasteiger partial charge on any atom is -0.495 e. The highest BCUT2D eigenvalue weighted by molar-refractivity contribution is 6.00. The summed E-state index contributed by atoms with van der Waals surface area (Å²) >= 11 is 0. The third-order valence-electron chi connectivity index (χ3n) is 5.60. The van der Waals surface area contributed by atoms with Gasteiger partial charge in [-0.1, -0.05) is 6.07 Å². The van der Waals surface area contributed by atoms with Gasteiger partial charge >= 0.3 is 0 Å². The Morgan fingerprint density at radius 1 is 1.23 bits per heavy atom. The van der Waals surface area contributed by atoms with E-state index in [-0.39, 0.29) is 18.1 Å². The molecule has 10 heteroatoms. The molecule has 35 heavy (non-hydrogen) atoms. The maximum Gasteiger partial charge on any atom is 0.268 e. The van der Waals surface area contributed by atoms with Crippen LogP contribution in [0.1, 0.15) is 24.1 Å². The van der Waals surface area contributed by atoms with Crippen molar-refractivity contribution in [2.24, 2.45) is 5.73 Å². The Morgan fingerprint density at radius 3 is 2.60 bits per heavy atom. The van der Waals surface area contributed by atoms with Gasteiger partial charge in [-0.15, -0.1) is 0 Å². The van der Waals surface area contributed by atoms with Crippen molar-refractivity contribution in [3.63, 3.8) is 0 Å². The number of hydrogen-bond acceptors (Lipinski definition) is 5. The number of hydrazine groups is 1. The van der Waals surface area contributed by atoms with Crippen molar-refractivity contribution in [2.75, 3.05) is 25.2 Å². The third-order valence-corrected chi connectivity index (χ3v) is 5.60. The average Bonchev–Trinajstić information content (AvgIpc) is 3.24. The fraction of sp³-hybridized carbons (Fsp3) is 0.240. The first kappa shape index (κ1) is 23.9. The largest absolute Gasteiger partial charge is 0.495 e. The summed E-state index contributed by atoms with van der Waals surface area (Å²) < 4.78 is 35.1. The fourth-order valence-electron chi connectivity index (χ4n) is 4.06. The SMILES string of the molecule is COc1cc(/C=C2\CCCN(N(CC(N)=O)c3cc(F)cc(F)c3)C2=O)ccc1-n1cnc(C)c1. The zero-order valence-corrected chi connectivity index (χ0v) is 19.4. The molecule has 0 aliphatic carbocycles. The van der Waals surface area contributed by atoms with Crippen molar-refractivity contribution in [1.29, 1.82) is 0 Å². The van der Waals surface area contributed by atoms with Crippen LogP contribution in [0.25, 0.3) is 11.8 Å². The number of nitrogens with two attached hydrogens (primary N) is 1. The number of primary amides is 1. The van der Waals surface area contributed by atoms with Gasteiger partial charge in [-0.05, 0) is 55.7 Å². The van der Waals surface area contributed by atoms with Gasteiger partial charge in [0.2, 0.25) is 5.91 Å². The lowest BCUT2D eigenvalue weighted by Gasteiger charge is -2.39. The molecule has 1 saturated heterocycles. The number of aromatic nitrogens is 2. The zero-order valence-electron chi connectivity index (χ0n) is 19.4. The Balaban J connectivity index is 1.65. The van der Waals surface area contributed by atoms with Crippen LogP contribution in [0.5, 0.6) is 5.75 Å². The summed E-state index contributed by atoms with van der Waals surface area (Å²) in [7, 11) is 1.56. The predicted octanol–water partition coefficient (Wildman–Crippen LogP) is 3.38. The molecule has 1 aliphatic heterocycles. The van der Waals surface area contributed by atoms with Gasteiger partial charge in [0.15, 0.2) is 0 Å². The van der Waals surface area contributed by atoms with Crippen molar-refractivity contribution in [1.82, 2.24) is 14.6 Å². The van der Waals surface area contributed by atoms with Crippen LogP contribution in [-0.4, -0.2) is 46.6 Å². The molecule has 0 saturated carbocycles. The molecule has 1 aromatic heterocycles. The normalized spacial score (nSPS) is 14.9. The van der Waals surface area contributed by atoms with Gasteiger partial charge in [-0.2, -0.15) is 0 Å². The van der Waals surface area contributed by atoms with Crippen LogP contribution in [0.2, 0.25) is 0 Å². The van der Waals surface area contributed by atoms with E-state index in [2.05, 4.69) is 4.98 Å². The number of carbonyl (C=O) groups is 2. The Hall–Kier alpha value is -4.21. The summed E-state index contributed by atoms with van der Waals surface area (Å²) in [5, 5.41) is 2.52. The quantitative estimate of drug-likeness (QED) is 0.523. The van der Waals surface area contributed by atoms with Gasteiger partial charge in [0, 0.05) is 24.4 Å². The number of carbonyl (C=O) groups excluding carboxylic acids is 2. The number of nitrogens with zero attached hydrogens (tertiary/aromatic N) is 4. The number of methoxy groups -OCH3 is 1. The van der Waals surface area contributed by atoms with Crippen LogP contribution in [0.15, 0.2) is 54.5 Å². The highest BCUT2D eigenvalue weighted by Gasteiger charge is 2.30. The number of rotatable bonds is 7. The monoisotopic (exact) mass is 481 g/mol. The summed E-state index contributed by atoms with van der Waals surface area (Å²) in [6.45, 7) is 1.75. The minimum atomic E-state index is -0.824. The van der Waals surface area contributed by atoms with Crippen molar-refractivity contribution >= 4 is 23.6 Å². The molecular formula is C25H25F2N5O3. The molecule has 0 bridgehead atoms. The van der Waals surface area contributed by atoms with E-state index in [1.807, 2.05) is 35.9 Å². The van der Waals surface area contributed by atoms with E-state index >= 15 is 0 Å². The third kappa shape index (κ3) is 5.32. The molecule has 8 nitrogen and oxygen atoms in total. The van der Waals surface area contributed by atoms with Gasteiger partial charge in [0.05, 0.1) is 30.5 Å². The van der Waals surface area contributed by atoms with E-state index < -0.39 is 24.1 Å². The summed E-state index contributed by atoms with van der Waals surface area (Å²) in [5.41, 5.74) is 8.29. The Bertz CT molecular complexity index is 1280. The van der Waals surface area contributed by atoms with Crippen molar-refractivity contribution in [3.8, 4) is 11.4 Å². The first-order valence-electron chi connectivity index (χ1n) is 11.0. The summed E-state index contributed by atoms with van der Waals surface area (Å²) in [6.07, 6.45) is 6.41. The molecule has 2 N–H and O–H groups in total. The first-order valence-corrected chi connectivity index (χ1v) is 11.0. The molecule has 0 radical (unpaired) electrons. The topological polar surface area (TPSA) is 93.7 Å². The predicted molar refractivity (Wildman–Crippen MR) is 127 cm³/mol. The lowest BCUT2D eigenvalue weighted by Crippen LogP contribution is -2.52. The molecular weight excluding hydrogens is 456 g/mol. The maximum absolute atomic E-state index is 13.9. The van der Waals surface area contributed by atoms with Crippen LogP contribution in [0, 0.1) is 18.6 Å². The van der Waals surface area contributed by atoms with E-state index in [4.69, 9.17) is 10.5 Å². The summed E-state index contributed by atoms with van der Waals surface area (Å²) in [6, 6.07) is 8.36. The number of halogens is 2. The highest BCUT2D eigenvalue weighted by Crippen LogP contribution is 2.29. The van der Waals surface area contributed by atoms with E-state index in [0.717, 1.165) is 35.1 Å². The number of imidazole rings is 1. The summed E-state index contributed by atoms with van der Waals surface area (Å²) in [5.74, 6) is -2.17. The Kier molecular flexibility index (Phi) is 6.81. The standard InChI is InChI=1S/C25H25F2N5O3/c1-16-13-30(15-29-16)22-6-5-17(9-23(22)35-2)8-18-4-3-7-31(25(18)34)32(14-24(28)33)21-11-19(26)10-20(27)12-21/h5-6,8-13,15H,3-4,7,14H2,1-2H3,(H2,28,33)/b18-8+. The van der Waals surface area contributed by atoms with Crippen LogP contribution in [-0.2, 0) is 9.59 Å². The first-order chi connectivity index (χ1) is 16.7. The number of amides is 2. The van der Waals surface area contributed by atoms with Crippen molar-refractivity contribution in [2.45, 2.75) is 19.8 Å². The molecule has 2 heterocycles. The fourth-order valence-corrected chi connectivity index (χ4v) is 4.06. The molecule has 1 aliphatic rings. The van der Waals surface area contributed by atoms with Crippen molar-refractivity contribution < 1.29 is 23.1 Å². The van der Waals surface area contributed by atoms with Gasteiger partial charge in [-0.25, -0.2) is 18.8 Å². The summed E-state index contributed by atoms with van der Waals surface area (Å²) in [4.78, 5) is 29.3. The second-order valence-corrected chi connectivity index (χ2v) is 8.21. The molecule has 0 spiro atoms. The molecule has 2 aromatic carbocycles. The highest BCUT2D eigenvalue weighted by atomic mass is 19.1. The second kappa shape index (κ2) is 9.96. The number of benzene rings is 2. The number of anilines is 1. The zero-order chi connectivity index (χ0) is 25.1. The Morgan fingerprint density at radius 2 is 1.97 bits per heavy atom. The van der Waals surface area contributed by atoms with E-state index in [0.29, 0.717) is 24.2 Å². The number of piperidine rings is 1. The Labute approximate surface area is 201 Å². The number of ether oxygens (including phenoxy) is 1. The number of hydrogen-bond donors (Lipinski definition) is 1. The van der Waals surface area contributed by atoms with E-state index in [1.54, 1.807) is 19.5 Å². The smallest absolute Gasteiger partial charge is 0.268 e. The lowest BCUT2D eigenvalue weighted by atomic mass is 10.0. The van der Waals surface area contributed by atoms with Gasteiger partial charge < -0.3 is 15.0 Å².